The molecule has 30 heavy (non-hydrogen) atoms. The molecule has 0 spiro atoms. The molecule has 1 aliphatic carbocycles. The maximum Gasteiger partial charge on any atom is 0.223 e. The number of nitrogens with zero attached hydrogens (tertiary/aromatic N) is 4. The van der Waals surface area contributed by atoms with E-state index in [9.17, 15) is 5.11 Å². The topological polar surface area (TPSA) is 74.2 Å². The molecule has 3 heterocycles. The van der Waals surface area contributed by atoms with E-state index < -0.39 is 0 Å². The summed E-state index contributed by atoms with van der Waals surface area (Å²) in [6.45, 7) is 6.67. The van der Waals surface area contributed by atoms with Gasteiger partial charge in [0.25, 0.3) is 0 Å². The zero-order chi connectivity index (χ0) is 21.1. The highest BCUT2D eigenvalue weighted by Gasteiger charge is 2.25. The predicted molar refractivity (Wildman–Crippen MR) is 122 cm³/mol. The van der Waals surface area contributed by atoms with Crippen molar-refractivity contribution < 1.29 is 5.11 Å². The Morgan fingerprint density at radius 3 is 2.53 bits per heavy atom. The number of anilines is 1. The number of aliphatic hydroxyl groups is 1. The molecule has 0 amide bonds. The molecule has 0 unspecified atom stereocenters. The van der Waals surface area contributed by atoms with E-state index in [1.54, 1.807) is 0 Å². The quantitative estimate of drug-likeness (QED) is 0.744. The molecule has 0 bridgehead atoms. The standard InChI is InChI=1S/C24H37N5O/c1-4-16(2)27-24-26-15-21-22(13-17-9-11-29(3)12-10-17)25-14-20(23(21)28-24)18-5-7-19(30)8-6-18/h14-19,30H,4-13H2,1-3H3,(H,26,27,28)/t16-,18-,19-/m0/s1. The van der Waals surface area contributed by atoms with Crippen molar-refractivity contribution in [2.45, 2.75) is 83.3 Å². The molecule has 2 aromatic rings. The van der Waals surface area contributed by atoms with E-state index in [-0.39, 0.29) is 6.10 Å². The third-order valence-electron chi connectivity index (χ3n) is 7.18. The molecule has 1 aliphatic heterocycles. The fourth-order valence-electron chi connectivity index (χ4n) is 4.87. The number of likely N-dealkylation sites (tertiary alicyclic amines) is 1. The molecule has 6 nitrogen and oxygen atoms in total. The Kier molecular flexibility index (Phi) is 6.84. The average Bonchev–Trinajstić information content (AvgIpc) is 2.76. The summed E-state index contributed by atoms with van der Waals surface area (Å²) in [6, 6.07) is 0.344. The smallest absolute Gasteiger partial charge is 0.223 e. The molecule has 1 saturated carbocycles. The fraction of sp³-hybridized carbons (Fsp3) is 0.708. The van der Waals surface area contributed by atoms with Crippen LogP contribution in [0.5, 0.6) is 0 Å². The number of pyridine rings is 1. The Morgan fingerprint density at radius 2 is 1.83 bits per heavy atom. The first kappa shape index (κ1) is 21.4. The zero-order valence-corrected chi connectivity index (χ0v) is 18.8. The number of hydrogen-bond donors (Lipinski definition) is 2. The first-order valence-electron chi connectivity index (χ1n) is 11.8. The van der Waals surface area contributed by atoms with Crippen LogP contribution in [0.1, 0.15) is 76.0 Å². The summed E-state index contributed by atoms with van der Waals surface area (Å²) in [4.78, 5) is 17.0. The molecular weight excluding hydrogens is 374 g/mol. The van der Waals surface area contributed by atoms with Gasteiger partial charge in [-0.25, -0.2) is 9.97 Å². The fourth-order valence-corrected chi connectivity index (χ4v) is 4.87. The predicted octanol–water partition coefficient (Wildman–Crippen LogP) is 4.14. The van der Waals surface area contributed by atoms with E-state index in [4.69, 9.17) is 9.97 Å². The first-order chi connectivity index (χ1) is 14.5. The highest BCUT2D eigenvalue weighted by atomic mass is 16.3. The van der Waals surface area contributed by atoms with Gasteiger partial charge in [0.05, 0.1) is 17.3 Å². The van der Waals surface area contributed by atoms with Crippen LogP contribution in [0, 0.1) is 5.92 Å². The summed E-state index contributed by atoms with van der Waals surface area (Å²) in [6.07, 6.45) is 12.2. The molecule has 4 rings (SSSR count). The van der Waals surface area contributed by atoms with Crippen molar-refractivity contribution >= 4 is 16.9 Å². The van der Waals surface area contributed by atoms with Crippen LogP contribution in [0.15, 0.2) is 12.4 Å². The lowest BCUT2D eigenvalue weighted by Gasteiger charge is -2.29. The molecule has 6 heteroatoms. The molecule has 2 aliphatic rings. The van der Waals surface area contributed by atoms with Gasteiger partial charge in [-0.15, -0.1) is 0 Å². The summed E-state index contributed by atoms with van der Waals surface area (Å²) in [7, 11) is 2.21. The molecule has 2 aromatic heterocycles. The molecule has 1 saturated heterocycles. The van der Waals surface area contributed by atoms with Crippen LogP contribution < -0.4 is 5.32 Å². The van der Waals surface area contributed by atoms with E-state index >= 15 is 0 Å². The lowest BCUT2D eigenvalue weighted by atomic mass is 9.82. The van der Waals surface area contributed by atoms with Crippen molar-refractivity contribution in [3.8, 4) is 0 Å². The molecule has 164 valence electrons. The van der Waals surface area contributed by atoms with Gasteiger partial charge in [0, 0.05) is 29.4 Å². The maximum absolute atomic E-state index is 9.95. The Hall–Kier alpha value is -1.79. The second kappa shape index (κ2) is 9.56. The van der Waals surface area contributed by atoms with Crippen molar-refractivity contribution in [2.75, 3.05) is 25.5 Å². The van der Waals surface area contributed by atoms with Gasteiger partial charge in [0.15, 0.2) is 0 Å². The third kappa shape index (κ3) is 4.92. The van der Waals surface area contributed by atoms with Crippen molar-refractivity contribution in [3.63, 3.8) is 0 Å². The minimum atomic E-state index is -0.151. The SMILES string of the molecule is CC[C@H](C)Nc1ncc2c(CC3CCN(C)CC3)ncc([C@H]3CC[C@H](O)CC3)c2n1. The summed E-state index contributed by atoms with van der Waals surface area (Å²) < 4.78 is 0. The van der Waals surface area contributed by atoms with Gasteiger partial charge in [-0.1, -0.05) is 6.92 Å². The van der Waals surface area contributed by atoms with E-state index in [0.717, 1.165) is 55.1 Å². The Bertz CT molecular complexity index is 841. The van der Waals surface area contributed by atoms with Gasteiger partial charge in [0.1, 0.15) is 0 Å². The first-order valence-corrected chi connectivity index (χ1v) is 11.8. The summed E-state index contributed by atoms with van der Waals surface area (Å²) in [5, 5.41) is 14.5. The molecule has 1 atom stereocenters. The highest BCUT2D eigenvalue weighted by Crippen LogP contribution is 2.37. The second-order valence-corrected chi connectivity index (χ2v) is 9.53. The van der Waals surface area contributed by atoms with Crippen LogP contribution in [0.2, 0.25) is 0 Å². The Balaban J connectivity index is 1.66. The average molecular weight is 412 g/mol. The number of fused-ring (bicyclic) bond motifs is 1. The molecule has 2 N–H and O–H groups in total. The van der Waals surface area contributed by atoms with Crippen LogP contribution in [0.3, 0.4) is 0 Å². The van der Waals surface area contributed by atoms with Crippen LogP contribution in [0.4, 0.5) is 5.95 Å². The van der Waals surface area contributed by atoms with E-state index in [2.05, 4.69) is 42.3 Å². The Labute approximate surface area is 180 Å². The number of rotatable bonds is 6. The number of nitrogens with one attached hydrogen (secondary N) is 1. The Morgan fingerprint density at radius 1 is 1.10 bits per heavy atom. The largest absolute Gasteiger partial charge is 0.393 e. The van der Waals surface area contributed by atoms with Crippen LogP contribution in [-0.4, -0.2) is 57.2 Å². The lowest BCUT2D eigenvalue weighted by molar-refractivity contribution is 0.122. The van der Waals surface area contributed by atoms with Gasteiger partial charge < -0.3 is 15.3 Å². The van der Waals surface area contributed by atoms with Crippen LogP contribution in [0.25, 0.3) is 10.9 Å². The number of hydrogen-bond acceptors (Lipinski definition) is 6. The second-order valence-electron chi connectivity index (χ2n) is 9.53. The van der Waals surface area contributed by atoms with E-state index in [1.807, 2.05) is 6.20 Å². The van der Waals surface area contributed by atoms with Crippen LogP contribution >= 0.6 is 0 Å². The van der Waals surface area contributed by atoms with Gasteiger partial charge in [0.2, 0.25) is 5.95 Å². The number of aliphatic hydroxyl groups excluding tert-OH is 1. The van der Waals surface area contributed by atoms with Gasteiger partial charge in [-0.3, -0.25) is 4.98 Å². The van der Waals surface area contributed by atoms with Crippen molar-refractivity contribution in [2.24, 2.45) is 5.92 Å². The van der Waals surface area contributed by atoms with Crippen molar-refractivity contribution in [1.82, 2.24) is 19.9 Å². The van der Waals surface area contributed by atoms with E-state index in [0.29, 0.717) is 23.8 Å². The number of piperidine rings is 1. The van der Waals surface area contributed by atoms with E-state index in [1.165, 1.54) is 31.5 Å². The molecule has 2 fully saturated rings. The molecule has 0 radical (unpaired) electrons. The lowest BCUT2D eigenvalue weighted by Crippen LogP contribution is -2.31. The molecule has 0 aromatic carbocycles. The number of aromatic nitrogens is 3. The minimum absolute atomic E-state index is 0.151. The summed E-state index contributed by atoms with van der Waals surface area (Å²) in [5.74, 6) is 1.82. The summed E-state index contributed by atoms with van der Waals surface area (Å²) >= 11 is 0. The summed E-state index contributed by atoms with van der Waals surface area (Å²) in [5.41, 5.74) is 3.45. The molecular formula is C24H37N5O. The van der Waals surface area contributed by atoms with Gasteiger partial charge in [-0.05, 0) is 90.3 Å². The normalized spacial score (nSPS) is 24.8. The van der Waals surface area contributed by atoms with Crippen molar-refractivity contribution in [1.29, 1.82) is 0 Å². The van der Waals surface area contributed by atoms with Gasteiger partial charge in [-0.2, -0.15) is 0 Å². The maximum atomic E-state index is 9.95. The zero-order valence-electron chi connectivity index (χ0n) is 18.8. The van der Waals surface area contributed by atoms with Crippen molar-refractivity contribution in [3.05, 3.63) is 23.7 Å². The minimum Gasteiger partial charge on any atom is -0.393 e. The monoisotopic (exact) mass is 411 g/mol. The highest BCUT2D eigenvalue weighted by molar-refractivity contribution is 5.84. The van der Waals surface area contributed by atoms with Crippen LogP contribution in [-0.2, 0) is 6.42 Å². The third-order valence-corrected chi connectivity index (χ3v) is 7.18. The van der Waals surface area contributed by atoms with Gasteiger partial charge >= 0.3 is 0 Å².